The van der Waals surface area contributed by atoms with E-state index in [1.165, 1.54) is 32.1 Å². The van der Waals surface area contributed by atoms with E-state index in [0.29, 0.717) is 18.2 Å². The van der Waals surface area contributed by atoms with Crippen molar-refractivity contribution >= 4 is 5.91 Å². The van der Waals surface area contributed by atoms with Crippen LogP contribution >= 0.6 is 0 Å². The number of primary amides is 1. The van der Waals surface area contributed by atoms with E-state index in [1.54, 1.807) is 6.20 Å². The Morgan fingerprint density at radius 3 is 2.56 bits per heavy atom. The third-order valence-corrected chi connectivity index (χ3v) is 5.39. The Morgan fingerprint density at radius 2 is 1.96 bits per heavy atom. The normalized spacial score (nSPS) is 19.7. The topological polar surface area (TPSA) is 112 Å². The second-order valence-electron chi connectivity index (χ2n) is 7.81. The van der Waals surface area contributed by atoms with Crippen molar-refractivity contribution in [3.05, 3.63) is 17.7 Å². The van der Waals surface area contributed by atoms with Crippen molar-refractivity contribution in [3.63, 3.8) is 0 Å². The molecule has 1 amide bonds. The molecule has 1 saturated carbocycles. The van der Waals surface area contributed by atoms with Gasteiger partial charge in [0.05, 0.1) is 17.9 Å². The molecule has 1 aliphatic rings. The maximum atomic E-state index is 11.0. The molecule has 0 spiro atoms. The van der Waals surface area contributed by atoms with Gasteiger partial charge in [-0.05, 0) is 24.7 Å². The highest BCUT2D eigenvalue weighted by Gasteiger charge is 2.33. The van der Waals surface area contributed by atoms with Gasteiger partial charge in [0.25, 0.3) is 0 Å². The van der Waals surface area contributed by atoms with Crippen LogP contribution in [0.4, 0.5) is 0 Å². The minimum absolute atomic E-state index is 0.0202. The van der Waals surface area contributed by atoms with E-state index in [-0.39, 0.29) is 24.2 Å². The number of carbonyl (C=O) groups is 1. The van der Waals surface area contributed by atoms with Crippen LogP contribution in [0.3, 0.4) is 0 Å². The molecule has 0 bridgehead atoms. The van der Waals surface area contributed by atoms with E-state index >= 15 is 0 Å². The number of aliphatic hydroxyl groups excluding tert-OH is 2. The van der Waals surface area contributed by atoms with Crippen molar-refractivity contribution in [2.45, 2.75) is 83.3 Å². The summed E-state index contributed by atoms with van der Waals surface area (Å²) in [5, 5.41) is 21.2. The molecule has 0 unspecified atom stereocenters. The number of hydrogen-bond acceptors (Lipinski definition) is 4. The van der Waals surface area contributed by atoms with Gasteiger partial charge < -0.3 is 20.9 Å². The first-order chi connectivity index (χ1) is 11.9. The van der Waals surface area contributed by atoms with E-state index in [9.17, 15) is 15.0 Å². The Morgan fingerprint density at radius 1 is 1.28 bits per heavy atom. The molecule has 6 heteroatoms. The van der Waals surface area contributed by atoms with Gasteiger partial charge in [0.2, 0.25) is 5.91 Å². The van der Waals surface area contributed by atoms with E-state index in [2.05, 4.69) is 9.97 Å². The molecule has 1 fully saturated rings. The van der Waals surface area contributed by atoms with Crippen molar-refractivity contribution < 1.29 is 15.0 Å². The molecular weight excluding hydrogens is 318 g/mol. The summed E-state index contributed by atoms with van der Waals surface area (Å²) in [5.74, 6) is 0.679. The maximum Gasteiger partial charge on any atom is 0.217 e. The Bertz CT molecular complexity index is 538. The molecule has 0 saturated heterocycles. The van der Waals surface area contributed by atoms with Gasteiger partial charge in [0, 0.05) is 18.5 Å². The number of aromatic amines is 1. The second-order valence-corrected chi connectivity index (χ2v) is 7.81. The lowest BCUT2D eigenvalue weighted by atomic mass is 9.79. The lowest BCUT2D eigenvalue weighted by Crippen LogP contribution is -2.37. The first kappa shape index (κ1) is 19.9. The number of aromatic nitrogens is 2. The first-order valence-electron chi connectivity index (χ1n) is 9.57. The van der Waals surface area contributed by atoms with Gasteiger partial charge in [0.15, 0.2) is 0 Å². The standard InChI is InChI=1S/C19H33N3O3/c1-12(2)17(24)18(25)15(10-13-6-4-3-5-7-13)19-21-11-14(22-19)8-9-16(20)23/h11-13,15,17-18,24-25H,3-10H2,1-2H3,(H2,20,23)(H,21,22)/t15-,17+,18-/m0/s1. The van der Waals surface area contributed by atoms with Crippen LogP contribution < -0.4 is 5.73 Å². The summed E-state index contributed by atoms with van der Waals surface area (Å²) in [6.07, 6.45) is 7.84. The van der Waals surface area contributed by atoms with Crippen molar-refractivity contribution in [3.8, 4) is 0 Å². The fourth-order valence-corrected chi connectivity index (χ4v) is 3.77. The van der Waals surface area contributed by atoms with E-state index in [1.807, 2.05) is 13.8 Å². The predicted molar refractivity (Wildman–Crippen MR) is 96.9 cm³/mol. The zero-order chi connectivity index (χ0) is 18.4. The molecule has 6 nitrogen and oxygen atoms in total. The predicted octanol–water partition coefficient (Wildman–Crippen LogP) is 2.26. The van der Waals surface area contributed by atoms with Crippen molar-refractivity contribution in [1.29, 1.82) is 0 Å². The number of amides is 1. The Hall–Kier alpha value is -1.40. The third-order valence-electron chi connectivity index (χ3n) is 5.39. The van der Waals surface area contributed by atoms with Gasteiger partial charge in [-0.2, -0.15) is 0 Å². The molecule has 1 heterocycles. The summed E-state index contributed by atoms with van der Waals surface area (Å²) in [7, 11) is 0. The van der Waals surface area contributed by atoms with Crippen LogP contribution in [-0.4, -0.2) is 38.3 Å². The molecule has 25 heavy (non-hydrogen) atoms. The smallest absolute Gasteiger partial charge is 0.217 e. The highest BCUT2D eigenvalue weighted by Crippen LogP contribution is 2.35. The average molecular weight is 351 g/mol. The van der Waals surface area contributed by atoms with Gasteiger partial charge in [-0.1, -0.05) is 46.0 Å². The largest absolute Gasteiger partial charge is 0.390 e. The molecule has 1 aliphatic carbocycles. The summed E-state index contributed by atoms with van der Waals surface area (Å²) >= 11 is 0. The molecule has 2 rings (SSSR count). The molecule has 0 aliphatic heterocycles. The SMILES string of the molecule is CC(C)[C@@H](O)[C@@H](O)[C@H](CC1CCCCC1)c1nc(CCC(N)=O)c[nH]1. The number of nitrogens with one attached hydrogen (secondary N) is 1. The van der Waals surface area contributed by atoms with Crippen LogP contribution in [-0.2, 0) is 11.2 Å². The zero-order valence-corrected chi connectivity index (χ0v) is 15.4. The second kappa shape index (κ2) is 9.34. The summed E-state index contributed by atoms with van der Waals surface area (Å²) in [6.45, 7) is 3.82. The Kier molecular flexibility index (Phi) is 7.44. The van der Waals surface area contributed by atoms with Gasteiger partial charge in [-0.25, -0.2) is 4.98 Å². The van der Waals surface area contributed by atoms with Crippen LogP contribution in [0.25, 0.3) is 0 Å². The summed E-state index contributed by atoms with van der Waals surface area (Å²) < 4.78 is 0. The first-order valence-corrected chi connectivity index (χ1v) is 9.57. The van der Waals surface area contributed by atoms with Gasteiger partial charge >= 0.3 is 0 Å². The van der Waals surface area contributed by atoms with Crippen molar-refractivity contribution in [2.24, 2.45) is 17.6 Å². The number of nitrogens with zero attached hydrogens (tertiary/aromatic N) is 1. The molecule has 142 valence electrons. The molecule has 1 aromatic rings. The molecular formula is C19H33N3O3. The minimum atomic E-state index is -0.850. The Labute approximate surface area is 150 Å². The zero-order valence-electron chi connectivity index (χ0n) is 15.4. The van der Waals surface area contributed by atoms with Crippen LogP contribution in [0.15, 0.2) is 6.20 Å². The molecule has 5 N–H and O–H groups in total. The number of hydrogen-bond donors (Lipinski definition) is 4. The van der Waals surface area contributed by atoms with Crippen molar-refractivity contribution in [2.75, 3.05) is 0 Å². The lowest BCUT2D eigenvalue weighted by Gasteiger charge is -2.31. The average Bonchev–Trinajstić information content (AvgIpc) is 3.06. The minimum Gasteiger partial charge on any atom is -0.390 e. The van der Waals surface area contributed by atoms with Gasteiger partial charge in [0.1, 0.15) is 5.82 Å². The van der Waals surface area contributed by atoms with E-state index in [0.717, 1.165) is 12.1 Å². The van der Waals surface area contributed by atoms with Crippen LogP contribution in [0.1, 0.15) is 76.2 Å². The highest BCUT2D eigenvalue weighted by molar-refractivity contribution is 5.73. The number of nitrogens with two attached hydrogens (primary N) is 1. The number of aliphatic hydroxyl groups is 2. The van der Waals surface area contributed by atoms with E-state index in [4.69, 9.17) is 5.73 Å². The number of imidazole rings is 1. The van der Waals surface area contributed by atoms with E-state index < -0.39 is 12.2 Å². The number of rotatable bonds is 9. The Balaban J connectivity index is 2.13. The van der Waals surface area contributed by atoms with Crippen LogP contribution in [0.5, 0.6) is 0 Å². The maximum absolute atomic E-state index is 11.0. The molecule has 3 atom stereocenters. The fraction of sp³-hybridized carbons (Fsp3) is 0.789. The van der Waals surface area contributed by atoms with Crippen LogP contribution in [0, 0.1) is 11.8 Å². The summed E-state index contributed by atoms with van der Waals surface area (Å²) in [4.78, 5) is 18.7. The van der Waals surface area contributed by atoms with Gasteiger partial charge in [-0.3, -0.25) is 4.79 Å². The molecule has 0 radical (unpaired) electrons. The quantitative estimate of drug-likeness (QED) is 0.546. The molecule has 1 aromatic heterocycles. The number of aryl methyl sites for hydroxylation is 1. The van der Waals surface area contributed by atoms with Gasteiger partial charge in [-0.15, -0.1) is 0 Å². The fourth-order valence-electron chi connectivity index (χ4n) is 3.77. The van der Waals surface area contributed by atoms with Crippen molar-refractivity contribution in [1.82, 2.24) is 9.97 Å². The molecule has 0 aromatic carbocycles. The number of H-pyrrole nitrogens is 1. The lowest BCUT2D eigenvalue weighted by molar-refractivity contribution is -0.118. The monoisotopic (exact) mass is 351 g/mol. The third kappa shape index (κ3) is 5.82. The summed E-state index contributed by atoms with van der Waals surface area (Å²) in [5.41, 5.74) is 5.97. The number of carbonyl (C=O) groups excluding carboxylic acids is 1. The van der Waals surface area contributed by atoms with Crippen LogP contribution in [0.2, 0.25) is 0 Å². The summed E-state index contributed by atoms with van der Waals surface area (Å²) in [6, 6.07) is 0. The highest BCUT2D eigenvalue weighted by atomic mass is 16.3.